The fourth-order valence-corrected chi connectivity index (χ4v) is 3.40. The summed E-state index contributed by atoms with van der Waals surface area (Å²) < 4.78 is 5.71. The third-order valence-electron chi connectivity index (χ3n) is 3.83. The fourth-order valence-electron chi connectivity index (χ4n) is 2.70. The monoisotopic (exact) mass is 299 g/mol. The van der Waals surface area contributed by atoms with E-state index in [1.165, 1.54) is 16.5 Å². The lowest BCUT2D eigenvalue weighted by Gasteiger charge is -2.17. The number of para-hydroxylation sites is 1. The summed E-state index contributed by atoms with van der Waals surface area (Å²) in [6, 6.07) is 10.9. The highest BCUT2D eigenvalue weighted by atomic mass is 32.1. The molecule has 2 heterocycles. The van der Waals surface area contributed by atoms with Crippen molar-refractivity contribution in [2.24, 2.45) is 0 Å². The minimum Gasteiger partial charge on any atom is -0.464 e. The van der Waals surface area contributed by atoms with Crippen LogP contribution in [0.1, 0.15) is 36.9 Å². The van der Waals surface area contributed by atoms with Crippen LogP contribution in [0.15, 0.2) is 51.8 Å². The molecule has 0 spiro atoms. The van der Waals surface area contributed by atoms with E-state index in [0.29, 0.717) is 6.04 Å². The van der Waals surface area contributed by atoms with Gasteiger partial charge in [-0.25, -0.2) is 0 Å². The van der Waals surface area contributed by atoms with E-state index >= 15 is 0 Å². The summed E-state index contributed by atoms with van der Waals surface area (Å²) in [4.78, 5) is 0. The Morgan fingerprint density at radius 1 is 1.24 bits per heavy atom. The number of furan rings is 1. The van der Waals surface area contributed by atoms with Crippen molar-refractivity contribution in [1.82, 2.24) is 5.32 Å². The molecule has 1 N–H and O–H groups in total. The Labute approximate surface area is 129 Å². The van der Waals surface area contributed by atoms with Gasteiger partial charge in [0.25, 0.3) is 0 Å². The molecule has 0 aliphatic rings. The molecule has 0 amide bonds. The van der Waals surface area contributed by atoms with E-state index in [1.54, 1.807) is 11.3 Å². The molecule has 1 aromatic carbocycles. The van der Waals surface area contributed by atoms with Crippen molar-refractivity contribution in [2.45, 2.75) is 32.2 Å². The molecule has 0 aliphatic heterocycles. The smallest absolute Gasteiger partial charge is 0.134 e. The number of hydrogen-bond acceptors (Lipinski definition) is 3. The third-order valence-corrected chi connectivity index (χ3v) is 4.56. The van der Waals surface area contributed by atoms with Crippen LogP contribution in [0.3, 0.4) is 0 Å². The SMILES string of the molecule is CCCNC(CCc1ccsc1)c1coc2ccccc12. The van der Waals surface area contributed by atoms with Gasteiger partial charge in [0.15, 0.2) is 0 Å². The molecule has 3 aromatic rings. The molecular weight excluding hydrogens is 278 g/mol. The average molecular weight is 299 g/mol. The van der Waals surface area contributed by atoms with Gasteiger partial charge in [0.05, 0.1) is 6.26 Å². The molecule has 1 unspecified atom stereocenters. The Bertz CT molecular complexity index is 671. The summed E-state index contributed by atoms with van der Waals surface area (Å²) >= 11 is 1.77. The molecule has 0 aliphatic carbocycles. The van der Waals surface area contributed by atoms with Crippen LogP contribution in [0.4, 0.5) is 0 Å². The second-order valence-corrected chi connectivity index (χ2v) is 6.14. The first-order chi connectivity index (χ1) is 10.4. The number of hydrogen-bond donors (Lipinski definition) is 1. The molecule has 1 atom stereocenters. The fraction of sp³-hybridized carbons (Fsp3) is 0.333. The molecule has 110 valence electrons. The Hall–Kier alpha value is -1.58. The number of fused-ring (bicyclic) bond motifs is 1. The van der Waals surface area contributed by atoms with E-state index in [9.17, 15) is 0 Å². The standard InChI is InChI=1S/C18H21NOS/c1-2-10-19-17(8-7-14-9-11-21-13-14)16-12-20-18-6-4-3-5-15(16)18/h3-6,9,11-13,17,19H,2,7-8,10H2,1H3. The van der Waals surface area contributed by atoms with Crippen LogP contribution in [-0.2, 0) is 6.42 Å². The molecule has 0 saturated carbocycles. The summed E-state index contributed by atoms with van der Waals surface area (Å²) in [6.07, 6.45) is 5.26. The molecule has 2 nitrogen and oxygen atoms in total. The van der Waals surface area contributed by atoms with Gasteiger partial charge in [0.2, 0.25) is 0 Å². The van der Waals surface area contributed by atoms with Crippen molar-refractivity contribution >= 4 is 22.3 Å². The average Bonchev–Trinajstić information content (AvgIpc) is 3.17. The van der Waals surface area contributed by atoms with Gasteiger partial charge >= 0.3 is 0 Å². The first kappa shape index (κ1) is 14.4. The van der Waals surface area contributed by atoms with E-state index in [1.807, 2.05) is 18.4 Å². The molecule has 2 aromatic heterocycles. The van der Waals surface area contributed by atoms with Crippen molar-refractivity contribution < 1.29 is 4.42 Å². The summed E-state index contributed by atoms with van der Waals surface area (Å²) in [6.45, 7) is 3.24. The van der Waals surface area contributed by atoms with Crippen molar-refractivity contribution in [3.05, 3.63) is 58.5 Å². The van der Waals surface area contributed by atoms with Gasteiger partial charge in [-0.3, -0.25) is 0 Å². The molecule has 0 bridgehead atoms. The second kappa shape index (κ2) is 6.92. The Kier molecular flexibility index (Phi) is 4.73. The van der Waals surface area contributed by atoms with Crippen LogP contribution in [0.5, 0.6) is 0 Å². The van der Waals surface area contributed by atoms with E-state index in [4.69, 9.17) is 4.42 Å². The minimum absolute atomic E-state index is 0.355. The maximum Gasteiger partial charge on any atom is 0.134 e. The summed E-state index contributed by atoms with van der Waals surface area (Å²) in [5, 5.41) is 9.29. The summed E-state index contributed by atoms with van der Waals surface area (Å²) in [5.74, 6) is 0. The lowest BCUT2D eigenvalue weighted by molar-refractivity contribution is 0.493. The van der Waals surface area contributed by atoms with Crippen LogP contribution in [0.25, 0.3) is 11.0 Å². The van der Waals surface area contributed by atoms with Crippen molar-refractivity contribution in [3.63, 3.8) is 0 Å². The summed E-state index contributed by atoms with van der Waals surface area (Å²) in [5.41, 5.74) is 3.69. The number of benzene rings is 1. The lowest BCUT2D eigenvalue weighted by Crippen LogP contribution is -2.22. The minimum atomic E-state index is 0.355. The number of thiophene rings is 1. The first-order valence-electron chi connectivity index (χ1n) is 7.59. The predicted octanol–water partition coefficient (Wildman–Crippen LogP) is 5.17. The Balaban J connectivity index is 1.80. The normalized spacial score (nSPS) is 12.8. The van der Waals surface area contributed by atoms with Crippen LogP contribution in [0.2, 0.25) is 0 Å². The summed E-state index contributed by atoms with van der Waals surface area (Å²) in [7, 11) is 0. The molecule has 0 fully saturated rings. The van der Waals surface area contributed by atoms with E-state index < -0.39 is 0 Å². The van der Waals surface area contributed by atoms with Gasteiger partial charge in [-0.2, -0.15) is 11.3 Å². The molecular formula is C18H21NOS. The third kappa shape index (κ3) is 3.36. The molecule has 0 saturated heterocycles. The highest BCUT2D eigenvalue weighted by Gasteiger charge is 2.16. The molecule has 3 heteroatoms. The van der Waals surface area contributed by atoms with Gasteiger partial charge < -0.3 is 9.73 Å². The maximum absolute atomic E-state index is 5.71. The van der Waals surface area contributed by atoms with Crippen molar-refractivity contribution in [2.75, 3.05) is 6.54 Å². The topological polar surface area (TPSA) is 25.2 Å². The molecule has 21 heavy (non-hydrogen) atoms. The van der Waals surface area contributed by atoms with E-state index in [0.717, 1.165) is 31.4 Å². The second-order valence-electron chi connectivity index (χ2n) is 5.36. The first-order valence-corrected chi connectivity index (χ1v) is 8.53. The zero-order chi connectivity index (χ0) is 14.5. The maximum atomic E-state index is 5.71. The largest absolute Gasteiger partial charge is 0.464 e. The highest BCUT2D eigenvalue weighted by molar-refractivity contribution is 7.07. The number of aryl methyl sites for hydroxylation is 1. The van der Waals surface area contributed by atoms with Gasteiger partial charge in [0.1, 0.15) is 5.58 Å². The van der Waals surface area contributed by atoms with Crippen LogP contribution in [-0.4, -0.2) is 6.54 Å². The lowest BCUT2D eigenvalue weighted by atomic mass is 9.99. The zero-order valence-electron chi connectivity index (χ0n) is 12.3. The van der Waals surface area contributed by atoms with Crippen molar-refractivity contribution in [1.29, 1.82) is 0 Å². The van der Waals surface area contributed by atoms with Gasteiger partial charge in [-0.15, -0.1) is 0 Å². The van der Waals surface area contributed by atoms with Crippen molar-refractivity contribution in [3.8, 4) is 0 Å². The zero-order valence-corrected chi connectivity index (χ0v) is 13.2. The Morgan fingerprint density at radius 3 is 2.95 bits per heavy atom. The van der Waals surface area contributed by atoms with E-state index in [-0.39, 0.29) is 0 Å². The van der Waals surface area contributed by atoms with Gasteiger partial charge in [-0.1, -0.05) is 25.1 Å². The molecule has 0 radical (unpaired) electrons. The quantitative estimate of drug-likeness (QED) is 0.651. The number of rotatable bonds is 7. The predicted molar refractivity (Wildman–Crippen MR) is 89.9 cm³/mol. The van der Waals surface area contributed by atoms with Gasteiger partial charge in [-0.05, 0) is 54.3 Å². The van der Waals surface area contributed by atoms with E-state index in [2.05, 4.69) is 41.2 Å². The van der Waals surface area contributed by atoms with Crippen LogP contribution >= 0.6 is 11.3 Å². The van der Waals surface area contributed by atoms with Gasteiger partial charge in [0, 0.05) is 17.0 Å². The highest BCUT2D eigenvalue weighted by Crippen LogP contribution is 2.29. The number of nitrogens with one attached hydrogen (secondary N) is 1. The Morgan fingerprint density at radius 2 is 2.14 bits per heavy atom. The van der Waals surface area contributed by atoms with Crippen LogP contribution in [0, 0.1) is 0 Å². The van der Waals surface area contributed by atoms with Crippen LogP contribution < -0.4 is 5.32 Å². The molecule has 3 rings (SSSR count).